The van der Waals surface area contributed by atoms with Gasteiger partial charge in [-0.1, -0.05) is 12.1 Å². The van der Waals surface area contributed by atoms with Crippen molar-refractivity contribution in [2.24, 2.45) is 0 Å². The summed E-state index contributed by atoms with van der Waals surface area (Å²) in [6.07, 6.45) is 1.06. The van der Waals surface area contributed by atoms with E-state index in [1.165, 1.54) is 16.8 Å². The van der Waals surface area contributed by atoms with E-state index in [2.05, 4.69) is 41.5 Å². The molecule has 6 heteroatoms. The second-order valence-electron chi connectivity index (χ2n) is 7.69. The Morgan fingerprint density at radius 1 is 1.07 bits per heavy atom. The molecule has 2 aromatic carbocycles. The molecule has 0 radical (unpaired) electrons. The van der Waals surface area contributed by atoms with Gasteiger partial charge in [0.2, 0.25) is 0 Å². The molecule has 1 N–H and O–H groups in total. The first kappa shape index (κ1) is 17.9. The van der Waals surface area contributed by atoms with Crippen LogP contribution in [0.15, 0.2) is 36.4 Å². The molecule has 0 aromatic heterocycles. The Morgan fingerprint density at radius 3 is 2.75 bits per heavy atom. The van der Waals surface area contributed by atoms with Crippen LogP contribution in [-0.2, 0) is 5.72 Å². The number of nitrogens with zero attached hydrogens (tertiary/aromatic N) is 2. The molecule has 0 unspecified atom stereocenters. The predicted octanol–water partition coefficient (Wildman–Crippen LogP) is 3.25. The van der Waals surface area contributed by atoms with E-state index in [-0.39, 0.29) is 0 Å². The van der Waals surface area contributed by atoms with E-state index in [9.17, 15) is 5.11 Å². The molecule has 5 rings (SSSR count). The number of ether oxygens (including phenoxy) is 2. The maximum atomic E-state index is 11.9. The van der Waals surface area contributed by atoms with Gasteiger partial charge in [0.15, 0.2) is 18.0 Å². The van der Waals surface area contributed by atoms with Gasteiger partial charge in [-0.2, -0.15) is 0 Å². The molecule has 3 aliphatic rings. The summed E-state index contributed by atoms with van der Waals surface area (Å²) in [6, 6.07) is 12.3. The molecule has 0 spiro atoms. The van der Waals surface area contributed by atoms with Crippen molar-refractivity contribution in [3.05, 3.63) is 53.1 Å². The first-order valence-electron chi connectivity index (χ1n) is 9.81. The Balaban J connectivity index is 1.60. The van der Waals surface area contributed by atoms with E-state index >= 15 is 0 Å². The lowest BCUT2D eigenvalue weighted by molar-refractivity contribution is -0.656. The fraction of sp³-hybridized carbons (Fsp3) is 0.409. The van der Waals surface area contributed by atoms with Gasteiger partial charge in [0.1, 0.15) is 18.9 Å². The number of aryl methyl sites for hydroxylation is 2. The second kappa shape index (κ2) is 6.71. The maximum absolute atomic E-state index is 11.9. The smallest absolute Gasteiger partial charge is 0.316 e. The third-order valence-electron chi connectivity index (χ3n) is 5.70. The molecule has 3 heterocycles. The molecule has 0 fully saturated rings. The summed E-state index contributed by atoms with van der Waals surface area (Å²) in [7, 11) is 0. The zero-order valence-corrected chi connectivity index (χ0v) is 17.1. The molecule has 0 saturated carbocycles. The van der Waals surface area contributed by atoms with Crippen molar-refractivity contribution < 1.29 is 19.2 Å². The van der Waals surface area contributed by atoms with Crippen LogP contribution in [0.5, 0.6) is 11.5 Å². The van der Waals surface area contributed by atoms with Crippen LogP contribution in [0.3, 0.4) is 0 Å². The molecule has 5 nitrogen and oxygen atoms in total. The highest BCUT2D eigenvalue weighted by Gasteiger charge is 2.53. The number of aliphatic hydroxyl groups is 1. The quantitative estimate of drug-likeness (QED) is 0.789. The van der Waals surface area contributed by atoms with Crippen molar-refractivity contribution in [2.75, 3.05) is 37.0 Å². The third kappa shape index (κ3) is 2.78. The Morgan fingerprint density at radius 2 is 1.89 bits per heavy atom. The molecule has 0 aliphatic carbocycles. The standard InChI is InChI=1S/C22H25N2O3S/c1-15-4-5-16(2)18(12-15)23-14-22(25,24-8-3-11-28-21(23)24)17-6-7-19-20(13-17)27-10-9-26-19/h4-7,12-13,25H,3,8-11,14H2,1-2H3/q+1/t22-/m1/s1. The number of amidine groups is 1. The van der Waals surface area contributed by atoms with Crippen LogP contribution in [0, 0.1) is 13.8 Å². The van der Waals surface area contributed by atoms with Crippen molar-refractivity contribution in [3.63, 3.8) is 0 Å². The highest BCUT2D eigenvalue weighted by molar-refractivity contribution is 8.13. The first-order chi connectivity index (χ1) is 13.6. The average Bonchev–Trinajstić information content (AvgIpc) is 3.03. The van der Waals surface area contributed by atoms with Crippen LogP contribution in [0.4, 0.5) is 5.69 Å². The van der Waals surface area contributed by atoms with Crippen molar-refractivity contribution >= 4 is 22.6 Å². The molecule has 2 aromatic rings. The zero-order valence-electron chi connectivity index (χ0n) is 16.3. The number of hydrogen-bond donors (Lipinski definition) is 1. The predicted molar refractivity (Wildman–Crippen MR) is 112 cm³/mol. The van der Waals surface area contributed by atoms with Crippen LogP contribution in [0.25, 0.3) is 0 Å². The number of thioether (sulfide) groups is 1. The van der Waals surface area contributed by atoms with Crippen LogP contribution in [-0.4, -0.2) is 46.9 Å². The topological polar surface area (TPSA) is 44.9 Å². The summed E-state index contributed by atoms with van der Waals surface area (Å²) in [5.41, 5.74) is 3.38. The minimum Gasteiger partial charge on any atom is -0.486 e. The van der Waals surface area contributed by atoms with Gasteiger partial charge in [0.05, 0.1) is 6.54 Å². The number of fused-ring (bicyclic) bond motifs is 1. The van der Waals surface area contributed by atoms with Gasteiger partial charge in [0, 0.05) is 11.3 Å². The lowest BCUT2D eigenvalue weighted by Crippen LogP contribution is -2.41. The normalized spacial score (nSPS) is 23.8. The molecule has 1 atom stereocenters. The van der Waals surface area contributed by atoms with E-state index in [0.29, 0.717) is 25.5 Å². The number of anilines is 1. The van der Waals surface area contributed by atoms with E-state index in [0.717, 1.165) is 35.2 Å². The molecule has 146 valence electrons. The van der Waals surface area contributed by atoms with Crippen molar-refractivity contribution in [1.82, 2.24) is 0 Å². The van der Waals surface area contributed by atoms with Crippen LogP contribution in [0.2, 0.25) is 0 Å². The highest BCUT2D eigenvalue weighted by atomic mass is 32.2. The molecular weight excluding hydrogens is 372 g/mol. The summed E-state index contributed by atoms with van der Waals surface area (Å²) in [5, 5.41) is 13.0. The van der Waals surface area contributed by atoms with E-state index in [1.807, 2.05) is 30.0 Å². The molecule has 0 saturated heterocycles. The molecule has 3 aliphatic heterocycles. The van der Waals surface area contributed by atoms with E-state index in [1.54, 1.807) is 0 Å². The fourth-order valence-corrected chi connectivity index (χ4v) is 5.41. The summed E-state index contributed by atoms with van der Waals surface area (Å²) >= 11 is 1.83. The van der Waals surface area contributed by atoms with Crippen LogP contribution >= 0.6 is 11.8 Å². The maximum Gasteiger partial charge on any atom is 0.316 e. The van der Waals surface area contributed by atoms with Crippen LogP contribution < -0.4 is 14.4 Å². The van der Waals surface area contributed by atoms with Gasteiger partial charge in [-0.25, -0.2) is 9.48 Å². The minimum atomic E-state index is -1.09. The average molecular weight is 398 g/mol. The van der Waals surface area contributed by atoms with Gasteiger partial charge in [-0.05, 0) is 67.4 Å². The summed E-state index contributed by atoms with van der Waals surface area (Å²) in [5.74, 6) is 2.54. The summed E-state index contributed by atoms with van der Waals surface area (Å²) in [4.78, 5) is 2.28. The van der Waals surface area contributed by atoms with Gasteiger partial charge >= 0.3 is 5.17 Å². The van der Waals surface area contributed by atoms with Gasteiger partial charge in [-0.3, -0.25) is 0 Å². The summed E-state index contributed by atoms with van der Waals surface area (Å²) < 4.78 is 13.6. The highest BCUT2D eigenvalue weighted by Crippen LogP contribution is 2.41. The molecule has 0 amide bonds. The number of β-amino-alcohol motifs (C(OH)–C–C–N with tert-alkyl or cyclic N) is 1. The largest absolute Gasteiger partial charge is 0.486 e. The minimum absolute atomic E-state index is 0.499. The molecule has 0 bridgehead atoms. The lowest BCUT2D eigenvalue weighted by atomic mass is 10.0. The van der Waals surface area contributed by atoms with Gasteiger partial charge in [-0.15, -0.1) is 0 Å². The molecule has 28 heavy (non-hydrogen) atoms. The number of hydrogen-bond acceptors (Lipinski definition) is 5. The fourth-order valence-electron chi connectivity index (χ4n) is 4.24. The SMILES string of the molecule is Cc1ccc(C)c(N2C[C@@](O)(c3ccc4c(c3)OCCO4)[N+]3=C2SCCC3)c1. The Kier molecular flexibility index (Phi) is 4.29. The van der Waals surface area contributed by atoms with E-state index < -0.39 is 5.72 Å². The first-order valence-corrected chi connectivity index (χ1v) is 10.8. The van der Waals surface area contributed by atoms with Crippen molar-refractivity contribution in [3.8, 4) is 11.5 Å². The van der Waals surface area contributed by atoms with Crippen LogP contribution in [0.1, 0.15) is 23.1 Å². The Hall–Kier alpha value is -2.18. The Labute approximate surface area is 169 Å². The Bertz CT molecular complexity index is 974. The van der Waals surface area contributed by atoms with Gasteiger partial charge in [0.25, 0.3) is 5.72 Å². The number of rotatable bonds is 2. The third-order valence-corrected chi connectivity index (χ3v) is 6.90. The molecular formula is C22H25N2O3S+. The second-order valence-corrected chi connectivity index (χ2v) is 8.75. The van der Waals surface area contributed by atoms with Gasteiger partial charge < -0.3 is 14.6 Å². The van der Waals surface area contributed by atoms with Crippen molar-refractivity contribution in [1.29, 1.82) is 0 Å². The van der Waals surface area contributed by atoms with E-state index in [4.69, 9.17) is 9.47 Å². The number of benzene rings is 2. The summed E-state index contributed by atoms with van der Waals surface area (Å²) in [6.45, 7) is 6.70. The van der Waals surface area contributed by atoms with Crippen molar-refractivity contribution in [2.45, 2.75) is 26.0 Å². The monoisotopic (exact) mass is 397 g/mol. The lowest BCUT2D eigenvalue weighted by Gasteiger charge is -2.26. The zero-order chi connectivity index (χ0) is 19.3.